The van der Waals surface area contributed by atoms with Crippen LogP contribution >= 0.6 is 11.3 Å². The topological polar surface area (TPSA) is 93.8 Å². The molecule has 3 heterocycles. The number of para-hydroxylation sites is 1. The van der Waals surface area contributed by atoms with Crippen LogP contribution in [0.25, 0.3) is 31.8 Å². The van der Waals surface area contributed by atoms with Gasteiger partial charge in [-0.05, 0) is 36.1 Å². The maximum Gasteiger partial charge on any atom is 0.205 e. The summed E-state index contributed by atoms with van der Waals surface area (Å²) >= 11 is 1.43. The molecule has 4 N–H and O–H groups in total. The van der Waals surface area contributed by atoms with E-state index in [-0.39, 0.29) is 17.1 Å². The normalized spacial score (nSPS) is 25.9. The summed E-state index contributed by atoms with van der Waals surface area (Å²) in [7, 11) is 0. The number of thiazole rings is 1. The van der Waals surface area contributed by atoms with Gasteiger partial charge in [-0.25, -0.2) is 4.98 Å². The van der Waals surface area contributed by atoms with Crippen LogP contribution in [0.1, 0.15) is 45.6 Å². The van der Waals surface area contributed by atoms with Gasteiger partial charge in [0, 0.05) is 18.3 Å². The molecule has 176 valence electrons. The van der Waals surface area contributed by atoms with Crippen molar-refractivity contribution in [1.29, 1.82) is 0 Å². The van der Waals surface area contributed by atoms with Gasteiger partial charge in [0.1, 0.15) is 22.9 Å². The van der Waals surface area contributed by atoms with Crippen LogP contribution in [-0.2, 0) is 6.54 Å². The van der Waals surface area contributed by atoms with E-state index in [2.05, 4.69) is 25.8 Å². The second-order valence-corrected chi connectivity index (χ2v) is 12.4. The number of benzene rings is 2. The highest BCUT2D eigenvalue weighted by atomic mass is 32.1. The van der Waals surface area contributed by atoms with Gasteiger partial charge >= 0.3 is 0 Å². The highest BCUT2D eigenvalue weighted by molar-refractivity contribution is 7.21. The summed E-state index contributed by atoms with van der Waals surface area (Å²) < 4.78 is 7.08. The lowest BCUT2D eigenvalue weighted by molar-refractivity contribution is -0.928. The number of fused-ring (bicyclic) bond motifs is 4. The first-order valence-electron chi connectivity index (χ1n) is 11.9. The van der Waals surface area contributed by atoms with Crippen LogP contribution < -0.4 is 16.1 Å². The Morgan fingerprint density at radius 1 is 1.21 bits per heavy atom. The minimum Gasteiger partial charge on any atom is -0.507 e. The Hall–Kier alpha value is -2.90. The summed E-state index contributed by atoms with van der Waals surface area (Å²) in [6.45, 7) is 8.78. The molecule has 1 unspecified atom stereocenters. The Morgan fingerprint density at radius 2 is 2.00 bits per heavy atom. The fraction of sp³-hybridized carbons (Fsp3) is 0.407. The van der Waals surface area contributed by atoms with Crippen molar-refractivity contribution in [2.45, 2.75) is 52.6 Å². The van der Waals surface area contributed by atoms with E-state index >= 15 is 0 Å². The number of phenolic OH excluding ortho intramolecular Hbond substituents is 1. The molecule has 2 fully saturated rings. The molecule has 0 spiro atoms. The zero-order valence-electron chi connectivity index (χ0n) is 19.8. The van der Waals surface area contributed by atoms with E-state index in [1.54, 1.807) is 12.1 Å². The summed E-state index contributed by atoms with van der Waals surface area (Å²) in [5.74, 6) is 0.202. The third-order valence-electron chi connectivity index (χ3n) is 7.75. The number of aromatic hydroxyl groups is 1. The minimum absolute atomic E-state index is 0.0478. The minimum atomic E-state index is -0.206. The number of hydrogen-bond donors (Lipinski definition) is 3. The predicted octanol–water partition coefficient (Wildman–Crippen LogP) is 4.34. The van der Waals surface area contributed by atoms with E-state index in [1.165, 1.54) is 29.1 Å². The SMILES string of the molecule is CC1(C)C[C@@H]2C[C@@](C)(C[NH+]2Cc2c(O)ccc3c(=O)c(-c4nc5ccccc5s4)c(N)oc23)C1. The van der Waals surface area contributed by atoms with Gasteiger partial charge in [0.05, 0.1) is 33.8 Å². The molecule has 4 aromatic rings. The molecule has 1 aliphatic carbocycles. The van der Waals surface area contributed by atoms with Crippen LogP contribution in [0, 0.1) is 10.8 Å². The fourth-order valence-electron chi connectivity index (χ4n) is 6.86. The molecular formula is C27H30N3O3S+. The van der Waals surface area contributed by atoms with Gasteiger partial charge in [0.25, 0.3) is 0 Å². The van der Waals surface area contributed by atoms with Gasteiger partial charge in [-0.1, -0.05) is 32.9 Å². The number of likely N-dealkylation sites (tertiary alicyclic amines) is 1. The first-order valence-corrected chi connectivity index (χ1v) is 12.7. The first-order chi connectivity index (χ1) is 16.1. The van der Waals surface area contributed by atoms with Crippen molar-refractivity contribution >= 4 is 38.4 Å². The monoisotopic (exact) mass is 476 g/mol. The van der Waals surface area contributed by atoms with E-state index in [1.807, 2.05) is 24.3 Å². The van der Waals surface area contributed by atoms with Crippen molar-refractivity contribution in [1.82, 2.24) is 4.98 Å². The molecule has 1 aliphatic heterocycles. The Balaban J connectivity index is 1.44. The maximum absolute atomic E-state index is 13.6. The molecule has 34 heavy (non-hydrogen) atoms. The third kappa shape index (κ3) is 3.41. The third-order valence-corrected chi connectivity index (χ3v) is 8.81. The number of nitrogens with zero attached hydrogens (tertiary/aromatic N) is 1. The number of hydrogen-bond acceptors (Lipinski definition) is 6. The number of rotatable bonds is 3. The van der Waals surface area contributed by atoms with Gasteiger partial charge in [-0.3, -0.25) is 4.79 Å². The van der Waals surface area contributed by atoms with Gasteiger partial charge in [-0.2, -0.15) is 0 Å². The van der Waals surface area contributed by atoms with Crippen LogP contribution in [0.5, 0.6) is 5.75 Å². The molecule has 2 bridgehead atoms. The van der Waals surface area contributed by atoms with Gasteiger partial charge in [0.15, 0.2) is 5.58 Å². The Morgan fingerprint density at radius 3 is 2.79 bits per heavy atom. The molecule has 2 aliphatic rings. The second-order valence-electron chi connectivity index (χ2n) is 11.4. The molecule has 6 nitrogen and oxygen atoms in total. The maximum atomic E-state index is 13.6. The average molecular weight is 477 g/mol. The molecule has 2 aromatic heterocycles. The molecule has 1 saturated heterocycles. The predicted molar refractivity (Wildman–Crippen MR) is 136 cm³/mol. The Kier molecular flexibility index (Phi) is 4.64. The molecule has 6 rings (SSSR count). The zero-order chi connectivity index (χ0) is 23.8. The lowest BCUT2D eigenvalue weighted by atomic mass is 9.65. The molecule has 7 heteroatoms. The van der Waals surface area contributed by atoms with Crippen LogP contribution in [0.4, 0.5) is 5.88 Å². The summed E-state index contributed by atoms with van der Waals surface area (Å²) in [5, 5.41) is 11.8. The number of nitrogens with one attached hydrogen (secondary N) is 1. The number of aromatic nitrogens is 1. The zero-order valence-corrected chi connectivity index (χ0v) is 20.6. The highest BCUT2D eigenvalue weighted by Gasteiger charge is 2.52. The van der Waals surface area contributed by atoms with Crippen molar-refractivity contribution in [2.75, 3.05) is 12.3 Å². The molecule has 2 aromatic carbocycles. The molecular weight excluding hydrogens is 446 g/mol. The number of quaternary nitrogens is 1. The van der Waals surface area contributed by atoms with E-state index < -0.39 is 0 Å². The Labute approximate surface area is 202 Å². The average Bonchev–Trinajstić information content (AvgIpc) is 3.27. The summed E-state index contributed by atoms with van der Waals surface area (Å²) in [5.41, 5.74) is 8.93. The van der Waals surface area contributed by atoms with Gasteiger partial charge in [-0.15, -0.1) is 11.3 Å². The van der Waals surface area contributed by atoms with E-state index in [9.17, 15) is 9.90 Å². The summed E-state index contributed by atoms with van der Waals surface area (Å²) in [6.07, 6.45) is 3.58. The standard InChI is InChI=1S/C27H29N3O3S/c1-26(2)10-15-11-27(3,13-26)14-30(15)12-17-19(31)9-8-16-22(32)21(24(28)33-23(16)17)25-29-18-6-4-5-7-20(18)34-25/h4-9,15,31H,10-14,28H2,1-3H3/p+1/t15-,27-/m1/s1. The summed E-state index contributed by atoms with van der Waals surface area (Å²) in [6, 6.07) is 11.5. The lowest BCUT2D eigenvalue weighted by Crippen LogP contribution is -3.12. The lowest BCUT2D eigenvalue weighted by Gasteiger charge is -2.37. The van der Waals surface area contributed by atoms with Crippen molar-refractivity contribution in [3.8, 4) is 16.3 Å². The van der Waals surface area contributed by atoms with Crippen molar-refractivity contribution in [3.63, 3.8) is 0 Å². The van der Waals surface area contributed by atoms with Crippen molar-refractivity contribution < 1.29 is 14.4 Å². The Bertz CT molecular complexity index is 1470. The number of nitrogens with two attached hydrogens (primary N) is 1. The number of anilines is 1. The van der Waals surface area contributed by atoms with Crippen molar-refractivity contribution in [3.05, 3.63) is 52.2 Å². The highest BCUT2D eigenvalue weighted by Crippen LogP contribution is 2.47. The number of phenols is 1. The number of nitrogen functional groups attached to an aromatic ring is 1. The molecule has 3 atom stereocenters. The van der Waals surface area contributed by atoms with Crippen LogP contribution in [0.2, 0.25) is 0 Å². The van der Waals surface area contributed by atoms with E-state index in [0.717, 1.165) is 23.2 Å². The van der Waals surface area contributed by atoms with Crippen molar-refractivity contribution in [2.24, 2.45) is 10.8 Å². The first kappa shape index (κ1) is 21.6. The smallest absolute Gasteiger partial charge is 0.205 e. The second kappa shape index (κ2) is 7.30. The largest absolute Gasteiger partial charge is 0.507 e. The van der Waals surface area contributed by atoms with Crippen LogP contribution in [0.3, 0.4) is 0 Å². The van der Waals surface area contributed by atoms with Gasteiger partial charge < -0.3 is 20.2 Å². The summed E-state index contributed by atoms with van der Waals surface area (Å²) in [4.78, 5) is 19.7. The van der Waals surface area contributed by atoms with Gasteiger partial charge in [0.2, 0.25) is 11.3 Å². The molecule has 0 radical (unpaired) electrons. The van der Waals surface area contributed by atoms with E-state index in [4.69, 9.17) is 10.2 Å². The molecule has 0 amide bonds. The molecule has 1 saturated carbocycles. The van der Waals surface area contributed by atoms with E-state index in [0.29, 0.717) is 50.5 Å². The fourth-order valence-corrected chi connectivity index (χ4v) is 7.87. The van der Waals surface area contributed by atoms with Crippen LogP contribution in [-0.4, -0.2) is 22.7 Å². The quantitative estimate of drug-likeness (QED) is 0.409. The van der Waals surface area contributed by atoms with Crippen LogP contribution in [0.15, 0.2) is 45.6 Å².